The number of hydrogen-bond donors (Lipinski definition) is 2. The number of ether oxygens (including phenoxy) is 2. The molecule has 154 valence electrons. The van der Waals surface area contributed by atoms with Crippen LogP contribution in [0.2, 0.25) is 0 Å². The molecule has 3 rings (SSSR count). The first-order chi connectivity index (χ1) is 13.9. The number of benzene rings is 2. The van der Waals surface area contributed by atoms with Gasteiger partial charge >= 0.3 is 0 Å². The smallest absolute Gasteiger partial charge is 0.262 e. The molecule has 29 heavy (non-hydrogen) atoms. The molecule has 1 aliphatic rings. The minimum atomic E-state index is -0.317. The van der Waals surface area contributed by atoms with Crippen LogP contribution in [0.25, 0.3) is 0 Å². The highest BCUT2D eigenvalue weighted by Crippen LogP contribution is 2.23. The number of para-hydroxylation sites is 1. The number of nitrogens with one attached hydrogen (secondary N) is 2. The number of aryl methyl sites for hydroxylation is 2. The number of carbonyl (C=O) groups excluding carboxylic acids is 2. The van der Waals surface area contributed by atoms with Crippen LogP contribution in [0, 0.1) is 20.8 Å². The Labute approximate surface area is 171 Å². The van der Waals surface area contributed by atoms with E-state index in [4.69, 9.17) is 9.47 Å². The van der Waals surface area contributed by atoms with Gasteiger partial charge in [0.2, 0.25) is 0 Å². The number of anilines is 1. The molecular formula is C23H28N2O4. The Morgan fingerprint density at radius 3 is 2.72 bits per heavy atom. The van der Waals surface area contributed by atoms with E-state index in [9.17, 15) is 9.59 Å². The van der Waals surface area contributed by atoms with Gasteiger partial charge in [-0.1, -0.05) is 18.2 Å². The molecule has 0 spiro atoms. The van der Waals surface area contributed by atoms with Crippen molar-refractivity contribution in [2.45, 2.75) is 39.7 Å². The molecule has 0 radical (unpaired) electrons. The molecule has 0 aromatic heterocycles. The van der Waals surface area contributed by atoms with Crippen LogP contribution >= 0.6 is 0 Å². The SMILES string of the molecule is Cc1cc(C)c(C)c(OCC(=O)Nc2ccccc2C(=O)NC[C@H]2CCCO2)c1. The summed E-state index contributed by atoms with van der Waals surface area (Å²) in [6.45, 7) is 7.06. The van der Waals surface area contributed by atoms with Crippen molar-refractivity contribution in [1.29, 1.82) is 0 Å². The summed E-state index contributed by atoms with van der Waals surface area (Å²) in [4.78, 5) is 25.0. The summed E-state index contributed by atoms with van der Waals surface area (Å²) >= 11 is 0. The van der Waals surface area contributed by atoms with E-state index in [0.717, 1.165) is 36.1 Å². The standard InChI is InChI=1S/C23H28N2O4/c1-15-11-16(2)17(3)21(12-15)29-14-22(26)25-20-9-5-4-8-19(20)23(27)24-13-18-7-6-10-28-18/h4-5,8-9,11-12,18H,6-7,10,13-14H2,1-3H3,(H,24,27)(H,25,26)/t18-/m1/s1. The van der Waals surface area contributed by atoms with Gasteiger partial charge < -0.3 is 20.1 Å². The van der Waals surface area contributed by atoms with Gasteiger partial charge in [0.15, 0.2) is 6.61 Å². The maximum Gasteiger partial charge on any atom is 0.262 e. The molecule has 1 fully saturated rings. The van der Waals surface area contributed by atoms with Gasteiger partial charge in [-0.25, -0.2) is 0 Å². The van der Waals surface area contributed by atoms with Crippen molar-refractivity contribution in [3.63, 3.8) is 0 Å². The van der Waals surface area contributed by atoms with E-state index >= 15 is 0 Å². The summed E-state index contributed by atoms with van der Waals surface area (Å²) in [5.41, 5.74) is 4.09. The molecule has 1 aliphatic heterocycles. The number of carbonyl (C=O) groups is 2. The summed E-state index contributed by atoms with van der Waals surface area (Å²) in [6, 6.07) is 10.9. The summed E-state index contributed by atoms with van der Waals surface area (Å²) < 4.78 is 11.3. The Kier molecular flexibility index (Phi) is 6.88. The Morgan fingerprint density at radius 1 is 1.17 bits per heavy atom. The lowest BCUT2D eigenvalue weighted by molar-refractivity contribution is -0.118. The first-order valence-corrected chi connectivity index (χ1v) is 9.93. The minimum absolute atomic E-state index is 0.0649. The largest absolute Gasteiger partial charge is 0.483 e. The van der Waals surface area contributed by atoms with E-state index in [1.54, 1.807) is 24.3 Å². The lowest BCUT2D eigenvalue weighted by Gasteiger charge is -2.15. The molecule has 0 aliphatic carbocycles. The third-order valence-corrected chi connectivity index (χ3v) is 5.08. The van der Waals surface area contributed by atoms with Crippen molar-refractivity contribution in [3.05, 3.63) is 58.7 Å². The van der Waals surface area contributed by atoms with Crippen molar-refractivity contribution in [2.24, 2.45) is 0 Å². The molecule has 0 unspecified atom stereocenters. The molecule has 0 saturated carbocycles. The predicted octanol–water partition coefficient (Wildman–Crippen LogP) is 3.54. The number of hydrogen-bond acceptors (Lipinski definition) is 4. The Hall–Kier alpha value is -2.86. The van der Waals surface area contributed by atoms with Crippen LogP contribution in [0.4, 0.5) is 5.69 Å². The molecule has 6 nitrogen and oxygen atoms in total. The van der Waals surface area contributed by atoms with Gasteiger partial charge in [0.1, 0.15) is 5.75 Å². The van der Waals surface area contributed by atoms with E-state index in [1.807, 2.05) is 26.8 Å². The highest BCUT2D eigenvalue weighted by Gasteiger charge is 2.18. The Balaban J connectivity index is 1.59. The van der Waals surface area contributed by atoms with Crippen LogP contribution in [-0.2, 0) is 9.53 Å². The second-order valence-corrected chi connectivity index (χ2v) is 7.43. The fourth-order valence-electron chi connectivity index (χ4n) is 3.38. The third kappa shape index (κ3) is 5.57. The van der Waals surface area contributed by atoms with Crippen molar-refractivity contribution in [3.8, 4) is 5.75 Å². The molecule has 1 saturated heterocycles. The third-order valence-electron chi connectivity index (χ3n) is 5.08. The minimum Gasteiger partial charge on any atom is -0.483 e. The second-order valence-electron chi connectivity index (χ2n) is 7.43. The molecule has 2 N–H and O–H groups in total. The lowest BCUT2D eigenvalue weighted by atomic mass is 10.1. The normalized spacial score (nSPS) is 15.8. The summed E-state index contributed by atoms with van der Waals surface area (Å²) in [6.07, 6.45) is 2.04. The summed E-state index contributed by atoms with van der Waals surface area (Å²) in [7, 11) is 0. The topological polar surface area (TPSA) is 76.7 Å². The van der Waals surface area contributed by atoms with E-state index in [0.29, 0.717) is 23.5 Å². The molecule has 1 atom stereocenters. The summed E-state index contributed by atoms with van der Waals surface area (Å²) in [5.74, 6) is 0.144. The van der Waals surface area contributed by atoms with Crippen molar-refractivity contribution in [1.82, 2.24) is 5.32 Å². The van der Waals surface area contributed by atoms with Crippen LogP contribution in [0.15, 0.2) is 36.4 Å². The number of rotatable bonds is 7. The average Bonchev–Trinajstić information content (AvgIpc) is 3.22. The van der Waals surface area contributed by atoms with E-state index in [-0.39, 0.29) is 24.5 Å². The number of amides is 2. The Morgan fingerprint density at radius 2 is 1.97 bits per heavy atom. The predicted molar refractivity (Wildman–Crippen MR) is 113 cm³/mol. The second kappa shape index (κ2) is 9.56. The van der Waals surface area contributed by atoms with Gasteiger partial charge in [0.05, 0.1) is 17.4 Å². The van der Waals surface area contributed by atoms with E-state index in [2.05, 4.69) is 16.7 Å². The average molecular weight is 396 g/mol. The van der Waals surface area contributed by atoms with Crippen LogP contribution < -0.4 is 15.4 Å². The maximum absolute atomic E-state index is 12.6. The van der Waals surface area contributed by atoms with Gasteiger partial charge in [-0.15, -0.1) is 0 Å². The molecule has 2 aromatic carbocycles. The highest BCUT2D eigenvalue weighted by molar-refractivity contribution is 6.04. The highest BCUT2D eigenvalue weighted by atomic mass is 16.5. The van der Waals surface area contributed by atoms with Crippen LogP contribution in [0.3, 0.4) is 0 Å². The zero-order chi connectivity index (χ0) is 20.8. The first-order valence-electron chi connectivity index (χ1n) is 9.93. The van der Waals surface area contributed by atoms with E-state index in [1.165, 1.54) is 0 Å². The van der Waals surface area contributed by atoms with Crippen molar-refractivity contribution in [2.75, 3.05) is 25.1 Å². The molecule has 2 aromatic rings. The lowest BCUT2D eigenvalue weighted by Crippen LogP contribution is -2.32. The Bertz CT molecular complexity index is 888. The van der Waals surface area contributed by atoms with Crippen LogP contribution in [0.1, 0.15) is 39.9 Å². The monoisotopic (exact) mass is 396 g/mol. The first kappa shape index (κ1) is 20.9. The van der Waals surface area contributed by atoms with Gasteiger partial charge in [-0.3, -0.25) is 9.59 Å². The molecule has 1 heterocycles. The molecule has 0 bridgehead atoms. The van der Waals surface area contributed by atoms with Gasteiger partial charge in [-0.05, 0) is 68.5 Å². The zero-order valence-electron chi connectivity index (χ0n) is 17.2. The summed E-state index contributed by atoms with van der Waals surface area (Å²) in [5, 5.41) is 5.67. The van der Waals surface area contributed by atoms with Crippen molar-refractivity contribution < 1.29 is 19.1 Å². The van der Waals surface area contributed by atoms with Gasteiger partial charge in [0.25, 0.3) is 11.8 Å². The van der Waals surface area contributed by atoms with Gasteiger partial charge in [0, 0.05) is 13.2 Å². The zero-order valence-corrected chi connectivity index (χ0v) is 17.2. The van der Waals surface area contributed by atoms with Gasteiger partial charge in [-0.2, -0.15) is 0 Å². The fourth-order valence-corrected chi connectivity index (χ4v) is 3.38. The molecule has 2 amide bonds. The molecular weight excluding hydrogens is 368 g/mol. The molecule has 6 heteroatoms. The quantitative estimate of drug-likeness (QED) is 0.751. The van der Waals surface area contributed by atoms with E-state index < -0.39 is 0 Å². The van der Waals surface area contributed by atoms with Crippen molar-refractivity contribution >= 4 is 17.5 Å². The van der Waals surface area contributed by atoms with Crippen LogP contribution in [0.5, 0.6) is 5.75 Å². The fraction of sp³-hybridized carbons (Fsp3) is 0.391. The maximum atomic E-state index is 12.6. The van der Waals surface area contributed by atoms with Crippen LogP contribution in [-0.4, -0.2) is 37.7 Å².